The summed E-state index contributed by atoms with van der Waals surface area (Å²) in [6.07, 6.45) is 1.45. The van der Waals surface area contributed by atoms with Crippen molar-refractivity contribution in [2.75, 3.05) is 19.0 Å². The Hall–Kier alpha value is -1.67. The largest absolute Gasteiger partial charge is 0.375 e. The van der Waals surface area contributed by atoms with Crippen LogP contribution in [0.15, 0.2) is 23.2 Å². The summed E-state index contributed by atoms with van der Waals surface area (Å²) in [7, 11) is 3.51. The van der Waals surface area contributed by atoms with Crippen LogP contribution in [-0.4, -0.2) is 20.2 Å². The van der Waals surface area contributed by atoms with Gasteiger partial charge in [0.1, 0.15) is 5.82 Å². The molecule has 0 saturated carbocycles. The minimum Gasteiger partial charge on any atom is -0.375 e. The molecule has 0 N–H and O–H groups in total. The molecule has 1 rings (SSSR count). The first-order valence-electron chi connectivity index (χ1n) is 4.14. The van der Waals surface area contributed by atoms with Crippen LogP contribution in [0.5, 0.6) is 0 Å². The number of benzene rings is 1. The highest BCUT2D eigenvalue weighted by Gasteiger charge is 2.04. The second-order valence-corrected chi connectivity index (χ2v) is 3.09. The van der Waals surface area contributed by atoms with Crippen LogP contribution in [0.2, 0.25) is 0 Å². The van der Waals surface area contributed by atoms with Crippen LogP contribution in [0.4, 0.5) is 10.1 Å². The van der Waals surface area contributed by atoms with Crippen LogP contribution in [0.25, 0.3) is 0 Å². The maximum atomic E-state index is 13.2. The molecule has 0 unspecified atom stereocenters. The van der Waals surface area contributed by atoms with E-state index in [1.54, 1.807) is 31.1 Å². The lowest BCUT2D eigenvalue weighted by atomic mass is 10.2. The molecule has 0 saturated heterocycles. The number of rotatable bonds is 3. The molecule has 0 aromatic heterocycles. The Labute approximate surface area is 81.9 Å². The van der Waals surface area contributed by atoms with Gasteiger partial charge in [0, 0.05) is 14.1 Å². The molecule has 3 nitrogen and oxygen atoms in total. The molecule has 14 heavy (non-hydrogen) atoms. The normalized spacial score (nSPS) is 9.36. The molecule has 0 aliphatic heterocycles. The molecule has 0 radical (unpaired) electrons. The van der Waals surface area contributed by atoms with E-state index >= 15 is 0 Å². The molecule has 0 heterocycles. The number of hydrogen-bond donors (Lipinski definition) is 0. The smallest absolute Gasteiger partial charge is 0.235 e. The molecule has 0 fully saturated rings. The van der Waals surface area contributed by atoms with Gasteiger partial charge in [0.2, 0.25) is 6.08 Å². The van der Waals surface area contributed by atoms with E-state index in [2.05, 4.69) is 4.99 Å². The molecule has 0 aliphatic rings. The van der Waals surface area contributed by atoms with Crippen LogP contribution in [-0.2, 0) is 11.3 Å². The van der Waals surface area contributed by atoms with E-state index in [0.717, 1.165) is 5.56 Å². The number of hydrogen-bond acceptors (Lipinski definition) is 3. The van der Waals surface area contributed by atoms with Gasteiger partial charge in [-0.3, -0.25) is 0 Å². The van der Waals surface area contributed by atoms with Gasteiger partial charge < -0.3 is 4.90 Å². The van der Waals surface area contributed by atoms with E-state index in [0.29, 0.717) is 5.69 Å². The van der Waals surface area contributed by atoms with E-state index in [9.17, 15) is 9.18 Å². The Morgan fingerprint density at radius 1 is 1.50 bits per heavy atom. The lowest BCUT2D eigenvalue weighted by Crippen LogP contribution is -2.10. The van der Waals surface area contributed by atoms with Gasteiger partial charge in [-0.1, -0.05) is 6.07 Å². The summed E-state index contributed by atoms with van der Waals surface area (Å²) in [6, 6.07) is 4.63. The van der Waals surface area contributed by atoms with Crippen LogP contribution < -0.4 is 4.90 Å². The van der Waals surface area contributed by atoms with Crippen LogP contribution in [0.3, 0.4) is 0 Å². The lowest BCUT2D eigenvalue weighted by molar-refractivity contribution is 0.563. The maximum Gasteiger partial charge on any atom is 0.235 e. The number of carbonyl (C=O) groups excluding carboxylic acids is 1. The summed E-state index contributed by atoms with van der Waals surface area (Å²) in [5, 5.41) is 0. The van der Waals surface area contributed by atoms with Crippen molar-refractivity contribution in [1.82, 2.24) is 0 Å². The Bertz CT molecular complexity index is 370. The zero-order valence-corrected chi connectivity index (χ0v) is 8.12. The van der Waals surface area contributed by atoms with Gasteiger partial charge in [0.15, 0.2) is 0 Å². The Balaban J connectivity index is 2.99. The molecular weight excluding hydrogens is 183 g/mol. The van der Waals surface area contributed by atoms with Gasteiger partial charge in [-0.25, -0.2) is 14.2 Å². The highest BCUT2D eigenvalue weighted by atomic mass is 19.1. The van der Waals surface area contributed by atoms with Crippen LogP contribution in [0, 0.1) is 5.82 Å². The van der Waals surface area contributed by atoms with Crippen LogP contribution >= 0.6 is 0 Å². The van der Waals surface area contributed by atoms with Gasteiger partial charge in [-0.15, -0.1) is 0 Å². The van der Waals surface area contributed by atoms with E-state index < -0.39 is 0 Å². The predicted octanol–water partition coefficient (Wildman–Crippen LogP) is 1.73. The lowest BCUT2D eigenvalue weighted by Gasteiger charge is -2.14. The van der Waals surface area contributed by atoms with E-state index in [-0.39, 0.29) is 12.4 Å². The minimum absolute atomic E-state index is 0.241. The molecule has 4 heteroatoms. The predicted molar refractivity (Wildman–Crippen MR) is 52.6 cm³/mol. The zero-order valence-electron chi connectivity index (χ0n) is 8.12. The molecule has 0 bridgehead atoms. The molecule has 0 amide bonds. The second kappa shape index (κ2) is 4.53. The number of halogens is 1. The maximum absolute atomic E-state index is 13.2. The monoisotopic (exact) mass is 194 g/mol. The average molecular weight is 194 g/mol. The van der Waals surface area contributed by atoms with E-state index in [4.69, 9.17) is 0 Å². The first kappa shape index (κ1) is 10.4. The summed E-state index contributed by atoms with van der Waals surface area (Å²) in [4.78, 5) is 15.0. The standard InChI is InChI=1S/C10H11FN2O/c1-13(2)10-5-8(6-12-7-14)3-4-9(10)11/h3-5H,6H2,1-2H3. The molecule has 1 aromatic carbocycles. The SMILES string of the molecule is CN(C)c1cc(CN=C=O)ccc1F. The summed E-state index contributed by atoms with van der Waals surface area (Å²) in [6.45, 7) is 0.241. The van der Waals surface area contributed by atoms with Gasteiger partial charge in [0.05, 0.1) is 12.2 Å². The fraction of sp³-hybridized carbons (Fsp3) is 0.300. The molecule has 0 aliphatic carbocycles. The molecule has 74 valence electrons. The highest BCUT2D eigenvalue weighted by molar-refractivity contribution is 5.49. The van der Waals surface area contributed by atoms with Crippen molar-refractivity contribution in [2.24, 2.45) is 4.99 Å². The van der Waals surface area contributed by atoms with E-state index in [1.807, 2.05) is 0 Å². The highest BCUT2D eigenvalue weighted by Crippen LogP contribution is 2.18. The Morgan fingerprint density at radius 2 is 2.21 bits per heavy atom. The fourth-order valence-electron chi connectivity index (χ4n) is 1.12. The number of isocyanates is 1. The summed E-state index contributed by atoms with van der Waals surface area (Å²) in [5.74, 6) is -0.283. The summed E-state index contributed by atoms with van der Waals surface area (Å²) in [5.41, 5.74) is 1.28. The molecule has 1 aromatic rings. The van der Waals surface area contributed by atoms with Crippen molar-refractivity contribution in [3.8, 4) is 0 Å². The summed E-state index contributed by atoms with van der Waals surface area (Å²) < 4.78 is 13.2. The topological polar surface area (TPSA) is 32.7 Å². The number of nitrogens with zero attached hydrogens (tertiary/aromatic N) is 2. The van der Waals surface area contributed by atoms with Crippen molar-refractivity contribution in [3.63, 3.8) is 0 Å². The van der Waals surface area contributed by atoms with Crippen molar-refractivity contribution < 1.29 is 9.18 Å². The fourth-order valence-corrected chi connectivity index (χ4v) is 1.12. The first-order valence-corrected chi connectivity index (χ1v) is 4.14. The van der Waals surface area contributed by atoms with Gasteiger partial charge >= 0.3 is 0 Å². The quantitative estimate of drug-likeness (QED) is 0.542. The van der Waals surface area contributed by atoms with Gasteiger partial charge in [-0.05, 0) is 17.7 Å². The minimum atomic E-state index is -0.283. The first-order chi connectivity index (χ1) is 6.65. The summed E-state index contributed by atoms with van der Waals surface area (Å²) >= 11 is 0. The molecule has 0 atom stereocenters. The second-order valence-electron chi connectivity index (χ2n) is 3.09. The molecule has 0 spiro atoms. The Morgan fingerprint density at radius 3 is 2.79 bits per heavy atom. The van der Waals surface area contributed by atoms with Crippen molar-refractivity contribution in [2.45, 2.75) is 6.54 Å². The Kier molecular flexibility index (Phi) is 3.37. The van der Waals surface area contributed by atoms with Crippen molar-refractivity contribution >= 4 is 11.8 Å². The van der Waals surface area contributed by atoms with E-state index in [1.165, 1.54) is 12.1 Å². The molecular formula is C10H11FN2O. The number of anilines is 1. The van der Waals surface area contributed by atoms with Gasteiger partial charge in [0.25, 0.3) is 0 Å². The van der Waals surface area contributed by atoms with Crippen molar-refractivity contribution in [3.05, 3.63) is 29.6 Å². The third-order valence-electron chi connectivity index (χ3n) is 1.82. The van der Waals surface area contributed by atoms with Crippen molar-refractivity contribution in [1.29, 1.82) is 0 Å². The average Bonchev–Trinajstić information content (AvgIpc) is 2.16. The zero-order chi connectivity index (χ0) is 10.6. The van der Waals surface area contributed by atoms with Gasteiger partial charge in [-0.2, -0.15) is 0 Å². The number of aliphatic imine (C=N–C) groups is 1. The third-order valence-corrected chi connectivity index (χ3v) is 1.82. The van der Waals surface area contributed by atoms with Crippen LogP contribution in [0.1, 0.15) is 5.56 Å². The third kappa shape index (κ3) is 2.41.